The molecule has 516 valence electrons. The third kappa shape index (κ3) is 10.8. The van der Waals surface area contributed by atoms with Crippen molar-refractivity contribution in [3.8, 4) is 95.5 Å². The Morgan fingerprint density at radius 3 is 1.66 bits per heavy atom. The van der Waals surface area contributed by atoms with Gasteiger partial charge >= 0.3 is 0 Å². The fourth-order valence-electron chi connectivity index (χ4n) is 15.9. The second-order valence-electron chi connectivity index (χ2n) is 29.6. The second kappa shape index (κ2) is 25.3. The third-order valence-electron chi connectivity index (χ3n) is 21.3. The summed E-state index contributed by atoms with van der Waals surface area (Å²) in [5, 5.41) is -2.50. The molecule has 0 unspecified atom stereocenters. The quantitative estimate of drug-likeness (QED) is 0.0560. The summed E-state index contributed by atoms with van der Waals surface area (Å²) < 4.78 is 311. The van der Waals surface area contributed by atoms with Crippen LogP contribution in [0.4, 0.5) is 0 Å². The number of benzene rings is 13. The van der Waals surface area contributed by atoms with E-state index in [1.54, 1.807) is 65.4 Å². The van der Waals surface area contributed by atoms with Crippen molar-refractivity contribution in [3.63, 3.8) is 0 Å². The van der Waals surface area contributed by atoms with Crippen LogP contribution in [-0.4, -0.2) is 22.2 Å². The maximum atomic E-state index is 11.3. The molecule has 2 aliphatic rings. The molecule has 0 saturated heterocycles. The number of ether oxygens (including phenoxy) is 1. The highest BCUT2D eigenvalue weighted by molar-refractivity contribution is 7.20. The van der Waals surface area contributed by atoms with Crippen molar-refractivity contribution >= 4 is 61.7 Å². The first kappa shape index (κ1) is 40.5. The largest absolute Gasteiger partial charge is 0.458 e. The maximum Gasteiger partial charge on any atom is 0.269 e. The molecule has 0 spiro atoms. The number of fused-ring (bicyclic) bond motifs is 11. The number of hydrogen-bond acceptors (Lipinski definition) is 2. The van der Waals surface area contributed by atoms with Crippen LogP contribution in [0.2, 0.25) is 0 Å². The van der Waals surface area contributed by atoms with Crippen LogP contribution in [0.15, 0.2) is 297 Å². The van der Waals surface area contributed by atoms with Gasteiger partial charge in [-0.1, -0.05) is 260 Å². The second-order valence-corrected chi connectivity index (χ2v) is 33.1. The number of rotatable bonds is 11. The molecule has 16 aromatic rings. The standard InChI is InChI=1S/C100H86N4OSi/c1-64-29-25-30-65(2)94(64)70-55-86-84-62-89-88(99(8,9)50-51-100(89,10)11)61-83(84)79-43-21-22-44-80(79)85-54-69(68-33-27-42-78(53-68)106(75-36-15-12-16-37-75,76-38-17-13-18-39-76)77-40-19-14-20-41-77)57-92-97(85)103(96(86)87(56-70)95-66(3)31-26-32-67(95)4)63-102(92)72-34-28-35-73(59-72)105-74-47-48-82-81-45-23-24-46-90(81)104(91(82)60-74)93-58-71(49-52-101-93)98(5,6)7/h12-49,52-62H,50-51H2,1-11H3/i1D3,2D3,3D3,4D3,12D,13D,14D,15D,16D,17D,18D,19D,20D,27D,33D,36D,37D,38D,39D,40D,41D,42D,53D. The number of aryl methyl sites for hydroxylation is 4. The first-order valence-electron chi connectivity index (χ1n) is 50.5. The van der Waals surface area contributed by atoms with E-state index in [4.69, 9.17) is 13.8 Å². The van der Waals surface area contributed by atoms with E-state index in [1.165, 1.54) is 59.2 Å². The van der Waals surface area contributed by atoms with E-state index < -0.39 is 215 Å². The molecule has 106 heavy (non-hydrogen) atoms. The van der Waals surface area contributed by atoms with Gasteiger partial charge in [0.05, 0.1) is 59.5 Å². The van der Waals surface area contributed by atoms with Crippen molar-refractivity contribution < 1.29 is 51.8 Å². The summed E-state index contributed by atoms with van der Waals surface area (Å²) in [4.78, 5) is 4.91. The third-order valence-corrected chi connectivity index (χ3v) is 25.3. The predicted octanol–water partition coefficient (Wildman–Crippen LogP) is 22.6. The van der Waals surface area contributed by atoms with Crippen molar-refractivity contribution in [2.45, 2.75) is 105 Å². The highest BCUT2D eigenvalue weighted by Crippen LogP contribution is 2.54. The van der Waals surface area contributed by atoms with Crippen LogP contribution in [0, 0.1) is 33.7 Å². The molecule has 0 atom stereocenters. The van der Waals surface area contributed by atoms with E-state index in [-0.39, 0.29) is 67.0 Å². The van der Waals surface area contributed by atoms with Crippen LogP contribution in [0.3, 0.4) is 0 Å². The number of hydrogen-bond donors (Lipinski definition) is 0. The molecule has 0 saturated carbocycles. The van der Waals surface area contributed by atoms with Gasteiger partial charge in [-0.15, -0.1) is 0 Å². The molecule has 6 heteroatoms. The van der Waals surface area contributed by atoms with Gasteiger partial charge < -0.3 is 4.74 Å². The highest BCUT2D eigenvalue weighted by Gasteiger charge is 2.43. The molecule has 18 rings (SSSR count). The minimum atomic E-state index is -6.52. The Morgan fingerprint density at radius 2 is 1.02 bits per heavy atom. The monoisotopic (exact) mass is 1420 g/mol. The van der Waals surface area contributed by atoms with Gasteiger partial charge in [-0.25, -0.2) is 4.98 Å². The summed E-state index contributed by atoms with van der Waals surface area (Å²) in [7, 11) is -6.52. The lowest BCUT2D eigenvalue weighted by Gasteiger charge is -2.42. The Bertz CT molecular complexity index is 7610. The summed E-state index contributed by atoms with van der Waals surface area (Å²) in [6.45, 7) is 2.09. The van der Waals surface area contributed by atoms with E-state index in [0.29, 0.717) is 52.2 Å². The number of pyridine rings is 1. The average Bonchev–Trinajstić information content (AvgIpc) is 1.33. The topological polar surface area (TPSA) is 35.9 Å². The number of imidazole rings is 1. The van der Waals surface area contributed by atoms with Crippen molar-refractivity contribution in [1.82, 2.24) is 14.1 Å². The fraction of sp³-hybridized carbons (Fsp3) is 0.160. The minimum Gasteiger partial charge on any atom is -0.458 e. The molecule has 1 aliphatic carbocycles. The highest BCUT2D eigenvalue weighted by atomic mass is 28.3. The van der Waals surface area contributed by atoms with Crippen LogP contribution in [0.1, 0.15) is 143 Å². The van der Waals surface area contributed by atoms with Gasteiger partial charge in [0.1, 0.15) is 17.3 Å². The summed E-state index contributed by atoms with van der Waals surface area (Å²) in [5.41, 5.74) is 0.615. The zero-order chi connectivity index (χ0) is 99.1. The first-order chi connectivity index (χ1) is 64.0. The number of nitrogens with zero attached hydrogens (tertiary/aromatic N) is 4. The Morgan fingerprint density at radius 1 is 0.462 bits per heavy atom. The van der Waals surface area contributed by atoms with Crippen LogP contribution in [0.5, 0.6) is 11.5 Å². The van der Waals surface area contributed by atoms with Gasteiger partial charge in [0.25, 0.3) is 6.33 Å². The minimum absolute atomic E-state index is 0.0151. The molecule has 0 radical (unpaired) electrons. The maximum absolute atomic E-state index is 11.3. The lowest BCUT2D eigenvalue weighted by atomic mass is 9.62. The van der Waals surface area contributed by atoms with Crippen LogP contribution >= 0.6 is 0 Å². The Balaban J connectivity index is 1.06. The van der Waals surface area contributed by atoms with Crippen molar-refractivity contribution in [1.29, 1.82) is 0 Å². The summed E-state index contributed by atoms with van der Waals surface area (Å²) >= 11 is 0. The zero-order valence-corrected chi connectivity index (χ0v) is 59.9. The molecule has 0 bridgehead atoms. The SMILES string of the molecule is [2H]c1c([2H])c([2H])c([Si](c2c([2H])c([2H])c([2H])c([2H])c2[2H])(c2c([2H])c([2H])c([2H])c([2H])c2[2H])c2c([2H])c([2H])c([2H])c(-c3cc4c5c(c3)n(-c3cccc(Oc6ccc7c8ccccc8n(-c8cc(C(C)(C)C)ccn8)c7c6)c3)[c-][n+]5-c3c(cc(-c5c(C([2H])([2H])[2H])cccc5C([2H])([2H])[2H])cc3-c3c(C([2H])([2H])[2H])cccc3C([2H])([2H])[2H])-c3cc5c(cc3-c3ccccc3-4)C(C)(C)CCC5(C)C)c2[2H])c([2H])c1[2H]. The Labute approximate surface area is 668 Å². The van der Waals surface area contributed by atoms with Gasteiger partial charge in [-0.3, -0.25) is 13.7 Å². The Hall–Kier alpha value is -11.7. The lowest BCUT2D eigenvalue weighted by molar-refractivity contribution is -0.570. The van der Waals surface area contributed by atoms with Crippen molar-refractivity contribution in [2.75, 3.05) is 0 Å². The molecule has 0 amide bonds. The predicted molar refractivity (Wildman–Crippen MR) is 445 cm³/mol. The lowest BCUT2D eigenvalue weighted by Crippen LogP contribution is -2.74. The van der Waals surface area contributed by atoms with E-state index in [1.807, 2.05) is 71.3 Å². The van der Waals surface area contributed by atoms with Crippen LogP contribution in [0.25, 0.3) is 117 Å². The molecule has 5 nitrogen and oxygen atoms in total. The average molecular weight is 1420 g/mol. The summed E-state index contributed by atoms with van der Waals surface area (Å²) in [6, 6.07) is 26.9. The van der Waals surface area contributed by atoms with Crippen molar-refractivity contribution in [2.24, 2.45) is 0 Å². The molecule has 13 aromatic carbocycles. The molecule has 0 N–H and O–H groups in total. The van der Waals surface area contributed by atoms with E-state index in [9.17, 15) is 38.4 Å². The molecule has 3 aromatic heterocycles. The molecule has 1 aliphatic heterocycles. The van der Waals surface area contributed by atoms with Gasteiger partial charge in [0.2, 0.25) is 0 Å². The van der Waals surface area contributed by atoms with E-state index in [0.717, 1.165) is 33.0 Å². The zero-order valence-electron chi connectivity index (χ0n) is 89.9. The van der Waals surface area contributed by atoms with Crippen LogP contribution < -0.4 is 30.1 Å². The van der Waals surface area contributed by atoms with Gasteiger partial charge in [-0.05, 0) is 256 Å². The molecular formula is C100H86N4OSi. The first-order valence-corrected chi connectivity index (χ1v) is 37.0. The molecule has 4 heterocycles. The smallest absolute Gasteiger partial charge is 0.269 e. The van der Waals surface area contributed by atoms with Gasteiger partial charge in [0, 0.05) is 39.5 Å². The number of aromatic nitrogens is 4. The summed E-state index contributed by atoms with van der Waals surface area (Å²) in [6.07, 6.45) is 6.71. The van der Waals surface area contributed by atoms with E-state index in [2.05, 4.69) is 54.8 Å². The molecule has 0 fully saturated rings. The molecular weight excluding hydrogens is 1300 g/mol. The Kier molecular flexibility index (Phi) is 9.67. The number of para-hydroxylation sites is 1. The fourth-order valence-corrected chi connectivity index (χ4v) is 19.5. The van der Waals surface area contributed by atoms with Gasteiger partial charge in [-0.2, -0.15) is 0 Å². The van der Waals surface area contributed by atoms with E-state index >= 15 is 0 Å². The van der Waals surface area contributed by atoms with Crippen molar-refractivity contribution in [3.05, 3.63) is 342 Å². The summed E-state index contributed by atoms with van der Waals surface area (Å²) in [5.74, 6) is 1.13. The normalized spacial score (nSPS) is 18.3. The van der Waals surface area contributed by atoms with Crippen LogP contribution in [-0.2, 0) is 16.2 Å². The van der Waals surface area contributed by atoms with Gasteiger partial charge in [0.15, 0.2) is 8.07 Å².